The molecule has 9 aromatic carbocycles. The van der Waals surface area contributed by atoms with Gasteiger partial charge in [0.1, 0.15) is 0 Å². The van der Waals surface area contributed by atoms with Gasteiger partial charge in [-0.1, -0.05) is 170 Å². The molecule has 0 saturated heterocycles. The second-order valence-corrected chi connectivity index (χ2v) is 16.9. The molecule has 68 heavy (non-hydrogen) atoms. The van der Waals surface area contributed by atoms with Crippen molar-refractivity contribution in [3.05, 3.63) is 237 Å². The molecule has 0 amide bonds. The summed E-state index contributed by atoms with van der Waals surface area (Å²) >= 11 is 0. The molecule has 0 unspecified atom stereocenters. The number of aromatic nitrogens is 7. The van der Waals surface area contributed by atoms with E-state index in [1.165, 1.54) is 21.5 Å². The number of hydrogen-bond donors (Lipinski definition) is 0. The summed E-state index contributed by atoms with van der Waals surface area (Å²) in [6, 6.07) is 82.1. The molecule has 13 aromatic rings. The number of para-hydroxylation sites is 2. The minimum Gasteiger partial charge on any atom is -0.309 e. The Morgan fingerprint density at radius 1 is 0.235 bits per heavy atom. The largest absolute Gasteiger partial charge is 0.309 e. The van der Waals surface area contributed by atoms with E-state index in [2.05, 4.69) is 149 Å². The Kier molecular flexibility index (Phi) is 9.35. The van der Waals surface area contributed by atoms with Crippen LogP contribution in [0.1, 0.15) is 0 Å². The van der Waals surface area contributed by atoms with Crippen molar-refractivity contribution in [1.82, 2.24) is 34.1 Å². The monoisotopic (exact) mass is 869 g/mol. The maximum Gasteiger partial charge on any atom is 0.164 e. The topological polar surface area (TPSA) is 74.3 Å². The van der Waals surface area contributed by atoms with Gasteiger partial charge in [0, 0.05) is 66.3 Å². The van der Waals surface area contributed by atoms with Crippen LogP contribution < -0.4 is 0 Å². The fraction of sp³-hybridized carbons (Fsp3) is 0. The fourth-order valence-electron chi connectivity index (χ4n) is 9.65. The Morgan fingerprint density at radius 2 is 0.618 bits per heavy atom. The molecule has 13 rings (SSSR count). The minimum atomic E-state index is 0.615. The van der Waals surface area contributed by atoms with Crippen molar-refractivity contribution in [3.8, 4) is 79.4 Å². The lowest BCUT2D eigenvalue weighted by atomic mass is 10.1. The van der Waals surface area contributed by atoms with E-state index < -0.39 is 0 Å². The molecular weight excluding hydrogens is 831 g/mol. The predicted molar refractivity (Wildman–Crippen MR) is 277 cm³/mol. The zero-order chi connectivity index (χ0) is 45.0. The summed E-state index contributed by atoms with van der Waals surface area (Å²) in [6.45, 7) is 0. The van der Waals surface area contributed by atoms with Gasteiger partial charge in [-0.25, -0.2) is 24.9 Å². The van der Waals surface area contributed by atoms with Crippen LogP contribution in [0.15, 0.2) is 237 Å². The summed E-state index contributed by atoms with van der Waals surface area (Å²) in [5.74, 6) is 2.56. The molecule has 0 radical (unpaired) electrons. The molecule has 0 fully saturated rings. The van der Waals surface area contributed by atoms with Gasteiger partial charge in [-0.05, 0) is 66.7 Å². The Balaban J connectivity index is 0.952. The molecule has 0 aliphatic heterocycles. The first-order valence-electron chi connectivity index (χ1n) is 22.8. The van der Waals surface area contributed by atoms with Crippen LogP contribution in [0.25, 0.3) is 123 Å². The molecule has 0 bridgehead atoms. The summed E-state index contributed by atoms with van der Waals surface area (Å²) in [6.07, 6.45) is 0. The van der Waals surface area contributed by atoms with E-state index in [1.54, 1.807) is 0 Å². The maximum atomic E-state index is 5.11. The van der Waals surface area contributed by atoms with Gasteiger partial charge < -0.3 is 9.13 Å². The summed E-state index contributed by atoms with van der Waals surface area (Å²) in [5.41, 5.74) is 14.2. The summed E-state index contributed by atoms with van der Waals surface area (Å²) in [4.78, 5) is 25.3. The maximum absolute atomic E-state index is 5.11. The van der Waals surface area contributed by atoms with Gasteiger partial charge in [-0.2, -0.15) is 0 Å². The van der Waals surface area contributed by atoms with Crippen LogP contribution >= 0.6 is 0 Å². The quantitative estimate of drug-likeness (QED) is 0.152. The molecule has 4 aromatic heterocycles. The van der Waals surface area contributed by atoms with Gasteiger partial charge in [0.05, 0.1) is 33.5 Å². The van der Waals surface area contributed by atoms with Crippen molar-refractivity contribution in [1.29, 1.82) is 0 Å². The minimum absolute atomic E-state index is 0.615. The highest BCUT2D eigenvalue weighted by Crippen LogP contribution is 2.43. The van der Waals surface area contributed by atoms with Gasteiger partial charge in [-0.15, -0.1) is 0 Å². The SMILES string of the molecule is c1ccc(-c2cc(-c3ccccc3)nc(-c3ccc(-n4c5ccccc5c5c6c7ccccc7n(-c7cccc(-c8nc(-c9ccccc9)nc(-c9ccccc9)n8)c7)c6ccc54)cc3)n2)cc1. The zero-order valence-electron chi connectivity index (χ0n) is 36.6. The molecule has 318 valence electrons. The van der Waals surface area contributed by atoms with Crippen molar-refractivity contribution >= 4 is 43.6 Å². The number of benzene rings is 9. The summed E-state index contributed by atoms with van der Waals surface area (Å²) < 4.78 is 4.76. The Labute approximate surface area is 392 Å². The molecule has 0 saturated carbocycles. The van der Waals surface area contributed by atoms with Crippen LogP contribution in [-0.2, 0) is 0 Å². The van der Waals surface area contributed by atoms with Crippen LogP contribution in [0, 0.1) is 0 Å². The van der Waals surface area contributed by atoms with Gasteiger partial charge in [-0.3, -0.25) is 0 Å². The second kappa shape index (κ2) is 16.3. The van der Waals surface area contributed by atoms with Gasteiger partial charge >= 0.3 is 0 Å². The Bertz CT molecular complexity index is 3880. The van der Waals surface area contributed by atoms with Crippen molar-refractivity contribution in [3.63, 3.8) is 0 Å². The first-order valence-corrected chi connectivity index (χ1v) is 22.8. The molecular formula is C61H39N7. The molecule has 0 aliphatic carbocycles. The zero-order valence-corrected chi connectivity index (χ0v) is 36.6. The average molecular weight is 870 g/mol. The smallest absolute Gasteiger partial charge is 0.164 e. The van der Waals surface area contributed by atoms with Crippen LogP contribution in [0.5, 0.6) is 0 Å². The van der Waals surface area contributed by atoms with E-state index >= 15 is 0 Å². The average Bonchev–Trinajstić information content (AvgIpc) is 3.95. The van der Waals surface area contributed by atoms with Gasteiger partial charge in [0.25, 0.3) is 0 Å². The molecule has 4 heterocycles. The van der Waals surface area contributed by atoms with Crippen LogP contribution in [-0.4, -0.2) is 34.1 Å². The van der Waals surface area contributed by atoms with Crippen molar-refractivity contribution < 1.29 is 0 Å². The van der Waals surface area contributed by atoms with E-state index in [1.807, 2.05) is 97.1 Å². The first-order chi connectivity index (χ1) is 33.7. The lowest BCUT2D eigenvalue weighted by Gasteiger charge is -2.12. The normalized spacial score (nSPS) is 11.5. The molecule has 0 spiro atoms. The van der Waals surface area contributed by atoms with Crippen molar-refractivity contribution in [2.75, 3.05) is 0 Å². The van der Waals surface area contributed by atoms with E-state index in [9.17, 15) is 0 Å². The van der Waals surface area contributed by atoms with Crippen LogP contribution in [0.4, 0.5) is 0 Å². The van der Waals surface area contributed by atoms with E-state index in [0.717, 1.165) is 78.2 Å². The Morgan fingerprint density at radius 3 is 1.12 bits per heavy atom. The van der Waals surface area contributed by atoms with Crippen LogP contribution in [0.3, 0.4) is 0 Å². The van der Waals surface area contributed by atoms with Gasteiger partial charge in [0.15, 0.2) is 23.3 Å². The number of rotatable bonds is 8. The molecule has 0 aliphatic rings. The number of nitrogens with zero attached hydrogens (tertiary/aromatic N) is 7. The number of fused-ring (bicyclic) bond motifs is 7. The standard InChI is InChI=1S/C61H39N7/c1-5-18-40(19-6-1)50-39-51(41-20-7-2-8-21-41)63-58(62-50)44-32-34-46(35-33-44)67-52-30-15-13-28-48(52)56-54(67)36-37-55-57(56)49-29-14-16-31-53(49)68(55)47-27-17-26-45(38-47)61-65-59(42-22-9-3-10-23-42)64-60(66-61)43-24-11-4-12-25-43/h1-39H. The summed E-state index contributed by atoms with van der Waals surface area (Å²) in [7, 11) is 0. The molecule has 7 heteroatoms. The van der Waals surface area contributed by atoms with Crippen molar-refractivity contribution in [2.24, 2.45) is 0 Å². The highest BCUT2D eigenvalue weighted by atomic mass is 15.0. The Hall–Kier alpha value is -9.33. The number of hydrogen-bond acceptors (Lipinski definition) is 5. The molecule has 0 atom stereocenters. The second-order valence-electron chi connectivity index (χ2n) is 16.9. The lowest BCUT2D eigenvalue weighted by molar-refractivity contribution is 1.07. The summed E-state index contributed by atoms with van der Waals surface area (Å²) in [5, 5.41) is 4.77. The highest BCUT2D eigenvalue weighted by molar-refractivity contribution is 6.29. The lowest BCUT2D eigenvalue weighted by Crippen LogP contribution is -2.01. The third-order valence-corrected chi connectivity index (χ3v) is 12.8. The molecule has 0 N–H and O–H groups in total. The van der Waals surface area contributed by atoms with Gasteiger partial charge in [0.2, 0.25) is 0 Å². The first kappa shape index (κ1) is 39.1. The van der Waals surface area contributed by atoms with E-state index in [-0.39, 0.29) is 0 Å². The molecule has 7 nitrogen and oxygen atoms in total. The third-order valence-electron chi connectivity index (χ3n) is 12.8. The van der Waals surface area contributed by atoms with E-state index in [0.29, 0.717) is 23.3 Å². The fourth-order valence-corrected chi connectivity index (χ4v) is 9.65. The predicted octanol–water partition coefficient (Wildman–Crippen LogP) is 14.9. The van der Waals surface area contributed by atoms with Crippen molar-refractivity contribution in [2.45, 2.75) is 0 Å². The third kappa shape index (κ3) is 6.72. The van der Waals surface area contributed by atoms with Crippen LogP contribution in [0.2, 0.25) is 0 Å². The van der Waals surface area contributed by atoms with E-state index in [4.69, 9.17) is 24.9 Å². The highest BCUT2D eigenvalue weighted by Gasteiger charge is 2.22.